The summed E-state index contributed by atoms with van der Waals surface area (Å²) in [5.74, 6) is 0.401. The van der Waals surface area contributed by atoms with E-state index in [2.05, 4.69) is 49.6 Å². The Morgan fingerprint density at radius 3 is 2.50 bits per heavy atom. The average Bonchev–Trinajstić information content (AvgIpc) is 2.69. The van der Waals surface area contributed by atoms with Crippen LogP contribution in [0.5, 0.6) is 0 Å². The Labute approximate surface area is 166 Å². The summed E-state index contributed by atoms with van der Waals surface area (Å²) in [4.78, 5) is 27.3. The first-order chi connectivity index (χ1) is 13.5. The van der Waals surface area contributed by atoms with Gasteiger partial charge in [0.2, 0.25) is 0 Å². The van der Waals surface area contributed by atoms with E-state index in [9.17, 15) is 4.79 Å². The van der Waals surface area contributed by atoms with Crippen LogP contribution in [-0.2, 0) is 0 Å². The first kappa shape index (κ1) is 20.0. The Hall–Kier alpha value is -2.71. The SMILES string of the molecule is CN(C)CCNC(=O)c1cc(Nc2ccc(N3CCN(C)CC3)cc2)ncn1. The van der Waals surface area contributed by atoms with Crippen LogP contribution in [0, 0.1) is 0 Å². The number of aromatic nitrogens is 2. The third-order valence-electron chi connectivity index (χ3n) is 4.75. The van der Waals surface area contributed by atoms with Gasteiger partial charge >= 0.3 is 0 Å². The molecule has 1 aliphatic rings. The van der Waals surface area contributed by atoms with Gasteiger partial charge in [-0.25, -0.2) is 9.97 Å². The molecule has 1 fully saturated rings. The van der Waals surface area contributed by atoms with Crippen molar-refractivity contribution in [3.63, 3.8) is 0 Å². The fraction of sp³-hybridized carbons (Fsp3) is 0.450. The highest BCUT2D eigenvalue weighted by Crippen LogP contribution is 2.21. The molecule has 2 heterocycles. The van der Waals surface area contributed by atoms with E-state index in [1.807, 2.05) is 31.1 Å². The van der Waals surface area contributed by atoms with Crippen molar-refractivity contribution in [1.29, 1.82) is 0 Å². The molecule has 0 bridgehead atoms. The van der Waals surface area contributed by atoms with Crippen LogP contribution in [0.2, 0.25) is 0 Å². The molecule has 0 atom stereocenters. The van der Waals surface area contributed by atoms with Gasteiger partial charge in [-0.05, 0) is 45.4 Å². The number of amides is 1. The molecule has 8 nitrogen and oxygen atoms in total. The predicted octanol–water partition coefficient (Wildman–Crippen LogP) is 1.26. The molecule has 150 valence electrons. The summed E-state index contributed by atoms with van der Waals surface area (Å²) in [5.41, 5.74) is 2.50. The Kier molecular flexibility index (Phi) is 6.78. The summed E-state index contributed by atoms with van der Waals surface area (Å²) in [6.45, 7) is 5.61. The van der Waals surface area contributed by atoms with Gasteiger partial charge in [0.1, 0.15) is 17.8 Å². The van der Waals surface area contributed by atoms with Crippen molar-refractivity contribution < 1.29 is 4.79 Å². The summed E-state index contributed by atoms with van der Waals surface area (Å²) in [5, 5.41) is 6.11. The molecular weight excluding hydrogens is 354 g/mol. The molecule has 8 heteroatoms. The van der Waals surface area contributed by atoms with Gasteiger partial charge < -0.3 is 25.3 Å². The second kappa shape index (κ2) is 9.48. The maximum atomic E-state index is 12.2. The standard InChI is InChI=1S/C20H29N7O/c1-25(2)9-8-21-20(28)18-14-19(23-15-22-18)24-16-4-6-17(7-5-16)27-12-10-26(3)11-13-27/h4-7,14-15H,8-13H2,1-3H3,(H,21,28)(H,22,23,24). The Morgan fingerprint density at radius 1 is 1.11 bits per heavy atom. The molecule has 1 amide bonds. The van der Waals surface area contributed by atoms with E-state index in [-0.39, 0.29) is 5.91 Å². The van der Waals surface area contributed by atoms with Gasteiger partial charge in [-0.15, -0.1) is 0 Å². The Morgan fingerprint density at radius 2 is 1.82 bits per heavy atom. The highest BCUT2D eigenvalue weighted by Gasteiger charge is 2.14. The second-order valence-corrected chi connectivity index (χ2v) is 7.31. The van der Waals surface area contributed by atoms with E-state index < -0.39 is 0 Å². The fourth-order valence-corrected chi connectivity index (χ4v) is 3.00. The lowest BCUT2D eigenvalue weighted by Crippen LogP contribution is -2.44. The number of nitrogens with zero attached hydrogens (tertiary/aromatic N) is 5. The van der Waals surface area contributed by atoms with Gasteiger partial charge in [-0.1, -0.05) is 0 Å². The number of likely N-dealkylation sites (N-methyl/N-ethyl adjacent to an activating group) is 2. The van der Waals surface area contributed by atoms with Crippen LogP contribution in [0.25, 0.3) is 0 Å². The molecule has 1 saturated heterocycles. The van der Waals surface area contributed by atoms with Crippen molar-refractivity contribution in [2.45, 2.75) is 0 Å². The van der Waals surface area contributed by atoms with Crippen LogP contribution in [0.4, 0.5) is 17.2 Å². The van der Waals surface area contributed by atoms with E-state index in [0.717, 1.165) is 38.4 Å². The lowest BCUT2D eigenvalue weighted by atomic mass is 10.2. The molecule has 2 N–H and O–H groups in total. The van der Waals surface area contributed by atoms with Gasteiger partial charge in [-0.3, -0.25) is 4.79 Å². The Balaban J connectivity index is 1.58. The van der Waals surface area contributed by atoms with E-state index in [1.165, 1.54) is 12.0 Å². The number of piperazine rings is 1. The smallest absolute Gasteiger partial charge is 0.270 e. The first-order valence-corrected chi connectivity index (χ1v) is 9.57. The molecule has 0 aliphatic carbocycles. The van der Waals surface area contributed by atoms with Gasteiger partial charge in [-0.2, -0.15) is 0 Å². The maximum Gasteiger partial charge on any atom is 0.270 e. The largest absolute Gasteiger partial charge is 0.369 e. The van der Waals surface area contributed by atoms with Crippen molar-refractivity contribution in [2.24, 2.45) is 0 Å². The minimum Gasteiger partial charge on any atom is -0.369 e. The van der Waals surface area contributed by atoms with Crippen LogP contribution < -0.4 is 15.5 Å². The number of hydrogen-bond donors (Lipinski definition) is 2. The molecule has 0 unspecified atom stereocenters. The summed E-state index contributed by atoms with van der Waals surface area (Å²) in [6, 6.07) is 9.96. The zero-order valence-electron chi connectivity index (χ0n) is 16.9. The highest BCUT2D eigenvalue weighted by atomic mass is 16.1. The lowest BCUT2D eigenvalue weighted by molar-refractivity contribution is 0.0946. The zero-order chi connectivity index (χ0) is 19.9. The predicted molar refractivity (Wildman–Crippen MR) is 112 cm³/mol. The van der Waals surface area contributed by atoms with Crippen LogP contribution >= 0.6 is 0 Å². The van der Waals surface area contributed by atoms with E-state index in [1.54, 1.807) is 6.07 Å². The molecule has 0 saturated carbocycles. The summed E-state index contributed by atoms with van der Waals surface area (Å²) >= 11 is 0. The minimum absolute atomic E-state index is 0.197. The summed E-state index contributed by atoms with van der Waals surface area (Å²) in [6.07, 6.45) is 1.40. The molecule has 0 spiro atoms. The third-order valence-corrected chi connectivity index (χ3v) is 4.75. The van der Waals surface area contributed by atoms with E-state index in [4.69, 9.17) is 0 Å². The van der Waals surface area contributed by atoms with Crippen LogP contribution in [0.15, 0.2) is 36.7 Å². The van der Waals surface area contributed by atoms with E-state index >= 15 is 0 Å². The van der Waals surface area contributed by atoms with Crippen molar-refractivity contribution in [3.8, 4) is 0 Å². The van der Waals surface area contributed by atoms with Crippen molar-refractivity contribution in [2.75, 3.05) is 70.6 Å². The third kappa shape index (κ3) is 5.64. The fourth-order valence-electron chi connectivity index (χ4n) is 3.00. The molecule has 28 heavy (non-hydrogen) atoms. The highest BCUT2D eigenvalue weighted by molar-refractivity contribution is 5.92. The van der Waals surface area contributed by atoms with Crippen molar-refractivity contribution >= 4 is 23.1 Å². The molecule has 1 aromatic heterocycles. The quantitative estimate of drug-likeness (QED) is 0.745. The molecule has 1 aromatic carbocycles. The zero-order valence-corrected chi connectivity index (χ0v) is 16.9. The summed E-state index contributed by atoms with van der Waals surface area (Å²) in [7, 11) is 6.09. The van der Waals surface area contributed by atoms with Gasteiger partial charge in [0.15, 0.2) is 0 Å². The van der Waals surface area contributed by atoms with Crippen LogP contribution in [0.1, 0.15) is 10.5 Å². The second-order valence-electron chi connectivity index (χ2n) is 7.31. The van der Waals surface area contributed by atoms with Gasteiger partial charge in [0.05, 0.1) is 0 Å². The summed E-state index contributed by atoms with van der Waals surface area (Å²) < 4.78 is 0. The van der Waals surface area contributed by atoms with E-state index in [0.29, 0.717) is 18.1 Å². The number of rotatable bonds is 7. The van der Waals surface area contributed by atoms with Gasteiger partial charge in [0, 0.05) is 56.7 Å². The molecule has 3 rings (SSSR count). The number of benzene rings is 1. The molecular formula is C20H29N7O. The van der Waals surface area contributed by atoms with Crippen LogP contribution in [0.3, 0.4) is 0 Å². The number of nitrogens with one attached hydrogen (secondary N) is 2. The number of carbonyl (C=O) groups excluding carboxylic acids is 1. The average molecular weight is 384 g/mol. The molecule has 1 aliphatic heterocycles. The van der Waals surface area contributed by atoms with Crippen LogP contribution in [-0.4, -0.2) is 86.1 Å². The lowest BCUT2D eigenvalue weighted by Gasteiger charge is -2.34. The number of hydrogen-bond acceptors (Lipinski definition) is 7. The number of carbonyl (C=O) groups is 1. The molecule has 2 aromatic rings. The van der Waals surface area contributed by atoms with Gasteiger partial charge in [0.25, 0.3) is 5.91 Å². The Bertz CT molecular complexity index is 770. The minimum atomic E-state index is -0.197. The normalized spacial score (nSPS) is 14.9. The maximum absolute atomic E-state index is 12.2. The van der Waals surface area contributed by atoms with Crippen molar-refractivity contribution in [1.82, 2.24) is 25.1 Å². The number of anilines is 3. The first-order valence-electron chi connectivity index (χ1n) is 9.57. The van der Waals surface area contributed by atoms with Crippen molar-refractivity contribution in [3.05, 3.63) is 42.4 Å². The topological polar surface area (TPSA) is 76.6 Å². The molecule has 0 radical (unpaired) electrons. The monoisotopic (exact) mass is 383 g/mol.